The van der Waals surface area contributed by atoms with Crippen LogP contribution in [0.4, 0.5) is 5.82 Å². The van der Waals surface area contributed by atoms with Crippen molar-refractivity contribution in [3.63, 3.8) is 0 Å². The van der Waals surface area contributed by atoms with E-state index >= 15 is 0 Å². The maximum absolute atomic E-state index is 11.9. The van der Waals surface area contributed by atoms with Crippen LogP contribution in [0, 0.1) is 0 Å². The second-order valence-corrected chi connectivity index (χ2v) is 3.94. The topological polar surface area (TPSA) is 45.2 Å². The summed E-state index contributed by atoms with van der Waals surface area (Å²) in [4.78, 5) is 17.6. The third kappa shape index (κ3) is 2.85. The summed E-state index contributed by atoms with van der Waals surface area (Å²) in [5.41, 5.74) is 0.514. The molecule has 1 aromatic rings. The largest absolute Gasteiger partial charge is 0.372 e. The quantitative estimate of drug-likeness (QED) is 0.880. The molecule has 1 amide bonds. The number of carbonyl (C=O) groups excluding carboxylic acids is 1. The molecular weight excluding hydrogens is 226 g/mol. The van der Waals surface area contributed by atoms with E-state index in [0.29, 0.717) is 16.4 Å². The molecule has 0 radical (unpaired) electrons. The van der Waals surface area contributed by atoms with Crippen molar-refractivity contribution < 1.29 is 4.79 Å². The van der Waals surface area contributed by atoms with Gasteiger partial charge in [-0.05, 0) is 12.5 Å². The summed E-state index contributed by atoms with van der Waals surface area (Å²) in [5, 5.41) is 3.30. The second-order valence-electron chi connectivity index (χ2n) is 3.53. The molecule has 0 saturated heterocycles. The monoisotopic (exact) mass is 241 g/mol. The minimum atomic E-state index is -0.0566. The number of pyridine rings is 1. The smallest absolute Gasteiger partial charge is 0.255 e. The van der Waals surface area contributed by atoms with Crippen LogP contribution >= 0.6 is 11.6 Å². The first-order chi connectivity index (χ1) is 7.60. The third-order valence-corrected chi connectivity index (χ3v) is 2.52. The van der Waals surface area contributed by atoms with Crippen molar-refractivity contribution in [1.82, 2.24) is 9.88 Å². The average molecular weight is 242 g/mol. The molecule has 0 saturated carbocycles. The Labute approximate surface area is 101 Å². The molecule has 0 unspecified atom stereocenters. The number of hydrogen-bond donors (Lipinski definition) is 1. The van der Waals surface area contributed by atoms with Crippen molar-refractivity contribution in [3.05, 3.63) is 22.8 Å². The zero-order chi connectivity index (χ0) is 12.1. The van der Waals surface area contributed by atoms with Crippen LogP contribution in [0.5, 0.6) is 0 Å². The average Bonchev–Trinajstić information content (AvgIpc) is 2.28. The van der Waals surface area contributed by atoms with Gasteiger partial charge in [0.25, 0.3) is 5.91 Å². The van der Waals surface area contributed by atoms with Gasteiger partial charge in [-0.1, -0.05) is 18.5 Å². The number of hydrogen-bond acceptors (Lipinski definition) is 3. The number of aromatic nitrogens is 1. The zero-order valence-electron chi connectivity index (χ0n) is 9.75. The highest BCUT2D eigenvalue weighted by Crippen LogP contribution is 2.20. The van der Waals surface area contributed by atoms with Crippen LogP contribution in [0.1, 0.15) is 23.7 Å². The molecule has 0 fully saturated rings. The number of nitrogens with one attached hydrogen (secondary N) is 1. The van der Waals surface area contributed by atoms with Crippen molar-refractivity contribution in [3.8, 4) is 0 Å². The molecule has 0 aromatic carbocycles. The van der Waals surface area contributed by atoms with E-state index in [1.807, 2.05) is 6.92 Å². The fourth-order valence-corrected chi connectivity index (χ4v) is 1.66. The van der Waals surface area contributed by atoms with Gasteiger partial charge in [0.2, 0.25) is 0 Å². The van der Waals surface area contributed by atoms with Crippen molar-refractivity contribution >= 4 is 23.3 Å². The molecule has 0 aliphatic heterocycles. The van der Waals surface area contributed by atoms with Crippen molar-refractivity contribution in [2.75, 3.05) is 26.0 Å². The molecule has 1 N–H and O–H groups in total. The van der Waals surface area contributed by atoms with Gasteiger partial charge in [0.05, 0.1) is 10.6 Å². The standard InChI is InChI=1S/C11H16ClN3O/c1-4-5-15(3)11(16)8-6-9(12)10(13-2)14-7-8/h6-7H,4-5H2,1-3H3,(H,13,14). The van der Waals surface area contributed by atoms with Crippen molar-refractivity contribution in [2.45, 2.75) is 13.3 Å². The minimum Gasteiger partial charge on any atom is -0.372 e. The molecule has 0 bridgehead atoms. The Kier molecular flexibility index (Phi) is 4.55. The molecule has 0 atom stereocenters. The first kappa shape index (κ1) is 12.8. The lowest BCUT2D eigenvalue weighted by Gasteiger charge is -2.16. The predicted octanol–water partition coefficient (Wildman–Crippen LogP) is 2.26. The molecule has 4 nitrogen and oxygen atoms in total. The molecule has 88 valence electrons. The minimum absolute atomic E-state index is 0.0566. The van der Waals surface area contributed by atoms with Gasteiger partial charge < -0.3 is 10.2 Å². The highest BCUT2D eigenvalue weighted by molar-refractivity contribution is 6.33. The van der Waals surface area contributed by atoms with E-state index in [-0.39, 0.29) is 5.91 Å². The molecule has 1 aromatic heterocycles. The number of nitrogens with zero attached hydrogens (tertiary/aromatic N) is 2. The normalized spacial score (nSPS) is 10.0. The van der Waals surface area contributed by atoms with E-state index in [9.17, 15) is 4.79 Å². The van der Waals surface area contributed by atoms with Crippen LogP contribution in [-0.2, 0) is 0 Å². The number of anilines is 1. The molecule has 5 heteroatoms. The lowest BCUT2D eigenvalue weighted by molar-refractivity contribution is 0.0795. The molecule has 1 rings (SSSR count). The summed E-state index contributed by atoms with van der Waals surface area (Å²) in [7, 11) is 3.50. The lowest BCUT2D eigenvalue weighted by atomic mass is 10.2. The Morgan fingerprint density at radius 1 is 1.62 bits per heavy atom. The fourth-order valence-electron chi connectivity index (χ4n) is 1.40. The number of carbonyl (C=O) groups is 1. The van der Waals surface area contributed by atoms with Gasteiger partial charge in [-0.25, -0.2) is 4.98 Å². The Balaban J connectivity index is 2.88. The fraction of sp³-hybridized carbons (Fsp3) is 0.455. The molecular formula is C11H16ClN3O. The van der Waals surface area contributed by atoms with Crippen LogP contribution in [0.15, 0.2) is 12.3 Å². The van der Waals surface area contributed by atoms with Gasteiger partial charge in [-0.15, -0.1) is 0 Å². The van der Waals surface area contributed by atoms with Gasteiger partial charge in [0.15, 0.2) is 0 Å². The predicted molar refractivity (Wildman–Crippen MR) is 66.0 cm³/mol. The highest BCUT2D eigenvalue weighted by Gasteiger charge is 2.12. The van der Waals surface area contributed by atoms with Crippen LogP contribution in [0.3, 0.4) is 0 Å². The molecule has 0 spiro atoms. The number of amides is 1. The van der Waals surface area contributed by atoms with Crippen LogP contribution in [0.2, 0.25) is 5.02 Å². The second kappa shape index (κ2) is 5.70. The summed E-state index contributed by atoms with van der Waals surface area (Å²) in [6.07, 6.45) is 2.46. The van der Waals surface area contributed by atoms with Crippen LogP contribution in [-0.4, -0.2) is 36.4 Å². The maximum atomic E-state index is 11.9. The number of rotatable bonds is 4. The zero-order valence-corrected chi connectivity index (χ0v) is 10.5. The van der Waals surface area contributed by atoms with E-state index < -0.39 is 0 Å². The van der Waals surface area contributed by atoms with Crippen LogP contribution in [0.25, 0.3) is 0 Å². The molecule has 16 heavy (non-hydrogen) atoms. The maximum Gasteiger partial charge on any atom is 0.255 e. The van der Waals surface area contributed by atoms with E-state index in [4.69, 9.17) is 11.6 Å². The Bertz CT molecular complexity index is 381. The van der Waals surface area contributed by atoms with E-state index in [1.165, 1.54) is 6.20 Å². The van der Waals surface area contributed by atoms with Crippen molar-refractivity contribution in [1.29, 1.82) is 0 Å². The Hall–Kier alpha value is -1.29. The number of halogens is 1. The first-order valence-corrected chi connectivity index (χ1v) is 5.56. The molecule has 0 aliphatic rings. The van der Waals surface area contributed by atoms with E-state index in [2.05, 4.69) is 10.3 Å². The van der Waals surface area contributed by atoms with Crippen LogP contribution < -0.4 is 5.32 Å². The lowest BCUT2D eigenvalue weighted by Crippen LogP contribution is -2.27. The van der Waals surface area contributed by atoms with Gasteiger partial charge in [0, 0.05) is 26.8 Å². The Morgan fingerprint density at radius 2 is 2.31 bits per heavy atom. The van der Waals surface area contributed by atoms with Gasteiger partial charge in [-0.3, -0.25) is 4.79 Å². The summed E-state index contributed by atoms with van der Waals surface area (Å²) in [6, 6.07) is 1.63. The molecule has 1 heterocycles. The molecule has 0 aliphatic carbocycles. The van der Waals surface area contributed by atoms with Gasteiger partial charge >= 0.3 is 0 Å². The summed E-state index contributed by atoms with van der Waals surface area (Å²) in [5.74, 6) is 0.523. The third-order valence-electron chi connectivity index (χ3n) is 2.23. The first-order valence-electron chi connectivity index (χ1n) is 5.19. The summed E-state index contributed by atoms with van der Waals surface area (Å²) in [6.45, 7) is 2.75. The van der Waals surface area contributed by atoms with Gasteiger partial charge in [-0.2, -0.15) is 0 Å². The summed E-state index contributed by atoms with van der Waals surface area (Å²) < 4.78 is 0. The SMILES string of the molecule is CCCN(C)C(=O)c1cnc(NC)c(Cl)c1. The summed E-state index contributed by atoms with van der Waals surface area (Å²) >= 11 is 5.96. The Morgan fingerprint density at radius 3 is 2.81 bits per heavy atom. The van der Waals surface area contributed by atoms with E-state index in [1.54, 1.807) is 25.1 Å². The van der Waals surface area contributed by atoms with Gasteiger partial charge in [0.1, 0.15) is 5.82 Å². The van der Waals surface area contributed by atoms with Crippen molar-refractivity contribution in [2.24, 2.45) is 0 Å². The highest BCUT2D eigenvalue weighted by atomic mass is 35.5. The van der Waals surface area contributed by atoms with E-state index in [0.717, 1.165) is 13.0 Å².